The molecule has 2 heterocycles. The van der Waals surface area contributed by atoms with Gasteiger partial charge >= 0.3 is 0 Å². The SMILES string of the molecule is Cc1c(O)cccc1C(=O)N1CCCC1C1CCCNC1. The second kappa shape index (κ2) is 6.06. The van der Waals surface area contributed by atoms with Crippen LogP contribution in [0.1, 0.15) is 41.6 Å². The van der Waals surface area contributed by atoms with Crippen molar-refractivity contribution in [3.8, 4) is 5.75 Å². The van der Waals surface area contributed by atoms with Crippen LogP contribution < -0.4 is 5.32 Å². The highest BCUT2D eigenvalue weighted by atomic mass is 16.3. The molecular weight excluding hydrogens is 264 g/mol. The molecule has 4 nitrogen and oxygen atoms in total. The fourth-order valence-electron chi connectivity index (χ4n) is 3.75. The molecule has 114 valence electrons. The normalized spacial score (nSPS) is 26.0. The fourth-order valence-corrected chi connectivity index (χ4v) is 3.75. The average Bonchev–Trinajstić information content (AvgIpc) is 3.00. The van der Waals surface area contributed by atoms with E-state index in [2.05, 4.69) is 5.32 Å². The summed E-state index contributed by atoms with van der Waals surface area (Å²) in [6, 6.07) is 5.57. The van der Waals surface area contributed by atoms with E-state index in [0.717, 1.165) is 32.5 Å². The van der Waals surface area contributed by atoms with Gasteiger partial charge in [0.2, 0.25) is 0 Å². The summed E-state index contributed by atoms with van der Waals surface area (Å²) in [5.41, 5.74) is 1.33. The maximum Gasteiger partial charge on any atom is 0.254 e. The molecule has 0 aromatic heterocycles. The van der Waals surface area contributed by atoms with Gasteiger partial charge in [-0.05, 0) is 63.7 Å². The largest absolute Gasteiger partial charge is 0.508 e. The predicted molar refractivity (Wildman–Crippen MR) is 82.5 cm³/mol. The number of nitrogens with one attached hydrogen (secondary N) is 1. The van der Waals surface area contributed by atoms with Gasteiger partial charge in [-0.1, -0.05) is 6.07 Å². The Balaban J connectivity index is 1.81. The third-order valence-corrected chi connectivity index (χ3v) is 4.97. The van der Waals surface area contributed by atoms with Crippen LogP contribution in [-0.2, 0) is 0 Å². The molecule has 2 fully saturated rings. The summed E-state index contributed by atoms with van der Waals surface area (Å²) >= 11 is 0. The zero-order chi connectivity index (χ0) is 14.8. The smallest absolute Gasteiger partial charge is 0.254 e. The van der Waals surface area contributed by atoms with Crippen LogP contribution in [0.15, 0.2) is 18.2 Å². The average molecular weight is 288 g/mol. The number of phenols is 1. The number of benzene rings is 1. The lowest BCUT2D eigenvalue weighted by Crippen LogP contribution is -2.45. The first-order chi connectivity index (χ1) is 10.2. The van der Waals surface area contributed by atoms with Gasteiger partial charge in [-0.2, -0.15) is 0 Å². The van der Waals surface area contributed by atoms with E-state index < -0.39 is 0 Å². The molecule has 2 unspecified atom stereocenters. The lowest BCUT2D eigenvalue weighted by Gasteiger charge is -2.34. The topological polar surface area (TPSA) is 52.6 Å². The van der Waals surface area contributed by atoms with Gasteiger partial charge in [0, 0.05) is 23.7 Å². The summed E-state index contributed by atoms with van der Waals surface area (Å²) in [5.74, 6) is 0.857. The second-order valence-corrected chi connectivity index (χ2v) is 6.26. The number of hydrogen-bond donors (Lipinski definition) is 2. The number of carbonyl (C=O) groups is 1. The molecule has 2 N–H and O–H groups in total. The Morgan fingerprint density at radius 2 is 2.19 bits per heavy atom. The third-order valence-electron chi connectivity index (χ3n) is 4.97. The first-order valence-corrected chi connectivity index (χ1v) is 7.98. The van der Waals surface area contributed by atoms with E-state index in [9.17, 15) is 9.90 Å². The van der Waals surface area contributed by atoms with Crippen LogP contribution in [0.25, 0.3) is 0 Å². The number of hydrogen-bond acceptors (Lipinski definition) is 3. The maximum absolute atomic E-state index is 12.9. The van der Waals surface area contributed by atoms with Crippen molar-refractivity contribution in [1.29, 1.82) is 0 Å². The van der Waals surface area contributed by atoms with Crippen LogP contribution in [-0.4, -0.2) is 41.6 Å². The van der Waals surface area contributed by atoms with Crippen molar-refractivity contribution in [3.05, 3.63) is 29.3 Å². The van der Waals surface area contributed by atoms with E-state index >= 15 is 0 Å². The third kappa shape index (κ3) is 2.77. The zero-order valence-corrected chi connectivity index (χ0v) is 12.6. The molecule has 1 aromatic rings. The van der Waals surface area contributed by atoms with Gasteiger partial charge in [0.05, 0.1) is 0 Å². The molecule has 0 bridgehead atoms. The summed E-state index contributed by atoms with van der Waals surface area (Å²) in [6.07, 6.45) is 4.61. The predicted octanol–water partition coefficient (Wildman–Crippen LogP) is 2.30. The van der Waals surface area contributed by atoms with Gasteiger partial charge in [-0.25, -0.2) is 0 Å². The van der Waals surface area contributed by atoms with Crippen LogP contribution in [0.4, 0.5) is 0 Å². The summed E-state index contributed by atoms with van der Waals surface area (Å²) in [5, 5.41) is 13.3. The first-order valence-electron chi connectivity index (χ1n) is 7.98. The lowest BCUT2D eigenvalue weighted by molar-refractivity contribution is 0.0669. The maximum atomic E-state index is 12.9. The first kappa shape index (κ1) is 14.4. The Labute approximate surface area is 126 Å². The van der Waals surface area contributed by atoms with Crippen molar-refractivity contribution in [2.24, 2.45) is 5.92 Å². The lowest BCUT2D eigenvalue weighted by atomic mass is 9.90. The number of piperidine rings is 1. The molecule has 0 saturated carbocycles. The minimum Gasteiger partial charge on any atom is -0.508 e. The van der Waals surface area contributed by atoms with E-state index in [4.69, 9.17) is 0 Å². The van der Waals surface area contributed by atoms with Gasteiger partial charge < -0.3 is 15.3 Å². The number of nitrogens with zero attached hydrogens (tertiary/aromatic N) is 1. The molecule has 21 heavy (non-hydrogen) atoms. The number of rotatable bonds is 2. The molecule has 0 spiro atoms. The van der Waals surface area contributed by atoms with Crippen LogP contribution in [0.3, 0.4) is 0 Å². The number of aromatic hydroxyl groups is 1. The highest BCUT2D eigenvalue weighted by Crippen LogP contribution is 2.31. The van der Waals surface area contributed by atoms with E-state index in [1.165, 1.54) is 12.8 Å². The number of amides is 1. The Morgan fingerprint density at radius 1 is 1.33 bits per heavy atom. The molecule has 0 aliphatic carbocycles. The van der Waals surface area contributed by atoms with Crippen molar-refractivity contribution in [2.75, 3.05) is 19.6 Å². The quantitative estimate of drug-likeness (QED) is 0.878. The van der Waals surface area contributed by atoms with Crippen LogP contribution >= 0.6 is 0 Å². The Kier molecular flexibility index (Phi) is 4.15. The van der Waals surface area contributed by atoms with E-state index in [-0.39, 0.29) is 11.7 Å². The van der Waals surface area contributed by atoms with Gasteiger partial charge in [0.1, 0.15) is 5.75 Å². The molecule has 2 aliphatic heterocycles. The minimum absolute atomic E-state index is 0.0801. The Hall–Kier alpha value is -1.55. The van der Waals surface area contributed by atoms with E-state index in [0.29, 0.717) is 23.1 Å². The standard InChI is InChI=1S/C17H24N2O2/c1-12-14(6-2-8-16(12)20)17(21)19-10-4-7-15(19)13-5-3-9-18-11-13/h2,6,8,13,15,18,20H,3-5,7,9-11H2,1H3. The van der Waals surface area contributed by atoms with E-state index in [1.807, 2.05) is 17.9 Å². The molecule has 4 heteroatoms. The van der Waals surface area contributed by atoms with Gasteiger partial charge in [0.25, 0.3) is 5.91 Å². The number of phenolic OH excluding ortho intramolecular Hbond substituents is 1. The molecular formula is C17H24N2O2. The molecule has 1 aromatic carbocycles. The van der Waals surface area contributed by atoms with Gasteiger partial charge in [0.15, 0.2) is 0 Å². The van der Waals surface area contributed by atoms with Crippen molar-refractivity contribution in [3.63, 3.8) is 0 Å². The highest BCUT2D eigenvalue weighted by molar-refractivity contribution is 5.96. The van der Waals surface area contributed by atoms with Crippen molar-refractivity contribution < 1.29 is 9.90 Å². The summed E-state index contributed by atoms with van der Waals surface area (Å²) in [7, 11) is 0. The van der Waals surface area contributed by atoms with Crippen LogP contribution in [0.2, 0.25) is 0 Å². The monoisotopic (exact) mass is 288 g/mol. The summed E-state index contributed by atoms with van der Waals surface area (Å²) in [6.45, 7) is 4.78. The molecule has 3 rings (SSSR count). The van der Waals surface area contributed by atoms with Crippen molar-refractivity contribution >= 4 is 5.91 Å². The van der Waals surface area contributed by atoms with Gasteiger partial charge in [-0.15, -0.1) is 0 Å². The molecule has 2 saturated heterocycles. The second-order valence-electron chi connectivity index (χ2n) is 6.26. The minimum atomic E-state index is 0.0801. The summed E-state index contributed by atoms with van der Waals surface area (Å²) < 4.78 is 0. The van der Waals surface area contributed by atoms with E-state index in [1.54, 1.807) is 12.1 Å². The fraction of sp³-hybridized carbons (Fsp3) is 0.588. The number of likely N-dealkylation sites (tertiary alicyclic amines) is 1. The zero-order valence-electron chi connectivity index (χ0n) is 12.6. The van der Waals surface area contributed by atoms with Crippen molar-refractivity contribution in [1.82, 2.24) is 10.2 Å². The van der Waals surface area contributed by atoms with Crippen molar-refractivity contribution in [2.45, 2.75) is 38.6 Å². The Morgan fingerprint density at radius 3 is 2.95 bits per heavy atom. The Bertz CT molecular complexity index is 524. The van der Waals surface area contributed by atoms with Gasteiger partial charge in [-0.3, -0.25) is 4.79 Å². The summed E-state index contributed by atoms with van der Waals surface area (Å²) in [4.78, 5) is 14.9. The molecule has 0 radical (unpaired) electrons. The van der Waals surface area contributed by atoms with Crippen LogP contribution in [0, 0.1) is 12.8 Å². The molecule has 2 aliphatic rings. The number of carbonyl (C=O) groups excluding carboxylic acids is 1. The molecule has 1 amide bonds. The van der Waals surface area contributed by atoms with Crippen LogP contribution in [0.5, 0.6) is 5.75 Å². The highest BCUT2D eigenvalue weighted by Gasteiger charge is 2.36. The molecule has 2 atom stereocenters.